The SMILES string of the molecule is COC(=O)/C(=C/c1ccccc1)NC(C)=O.COC(=O)/C(=C/c1ccccc1)NC(C)=O.COc1ccc(C)c(-c2ccccc2P(c2ccccc2)c2ccccc2)c1-c1cc(P(c2ccccc2)c2ccccc2)ccc1C. The fraction of sp³-hybridized carbons (Fsp3) is 0.101. The third-order valence-electron chi connectivity index (χ3n) is 12.5. The normalized spacial score (nSPS) is 11.0. The summed E-state index contributed by atoms with van der Waals surface area (Å²) in [6.07, 6.45) is 3.13. The van der Waals surface area contributed by atoms with Crippen LogP contribution in [0.1, 0.15) is 36.1 Å². The van der Waals surface area contributed by atoms with Crippen LogP contribution < -0.4 is 47.2 Å². The Kier molecular flexibility index (Phi) is 21.8. The first kappa shape index (κ1) is 58.7. The van der Waals surface area contributed by atoms with Crippen LogP contribution in [0.15, 0.2) is 248 Å². The molecule has 0 saturated heterocycles. The van der Waals surface area contributed by atoms with E-state index in [-0.39, 0.29) is 23.2 Å². The average molecular weight is 1100 g/mol. The summed E-state index contributed by atoms with van der Waals surface area (Å²) in [6, 6.07) is 82.6. The number of methoxy groups -OCH3 is 3. The number of amides is 2. The van der Waals surface area contributed by atoms with Crippen molar-refractivity contribution in [2.45, 2.75) is 27.7 Å². The zero-order valence-electron chi connectivity index (χ0n) is 45.9. The van der Waals surface area contributed by atoms with Gasteiger partial charge in [-0.3, -0.25) is 9.59 Å². The van der Waals surface area contributed by atoms with Crippen molar-refractivity contribution in [1.82, 2.24) is 10.6 Å². The maximum atomic E-state index is 11.3. The molecule has 0 aromatic heterocycles. The smallest absolute Gasteiger partial charge is 0.354 e. The largest absolute Gasteiger partial charge is 0.496 e. The van der Waals surface area contributed by atoms with E-state index in [0.717, 1.165) is 22.4 Å². The lowest BCUT2D eigenvalue weighted by atomic mass is 9.88. The number of hydrogen-bond donors (Lipinski definition) is 2. The van der Waals surface area contributed by atoms with E-state index < -0.39 is 27.8 Å². The highest BCUT2D eigenvalue weighted by Crippen LogP contribution is 2.46. The summed E-state index contributed by atoms with van der Waals surface area (Å²) in [5.41, 5.74) is 9.18. The molecule has 0 heterocycles. The van der Waals surface area contributed by atoms with Crippen molar-refractivity contribution in [1.29, 1.82) is 0 Å². The summed E-state index contributed by atoms with van der Waals surface area (Å²) in [5, 5.41) is 12.9. The first-order chi connectivity index (χ1) is 38.9. The van der Waals surface area contributed by atoms with Crippen molar-refractivity contribution in [3.8, 4) is 28.0 Å². The van der Waals surface area contributed by atoms with Crippen molar-refractivity contribution < 1.29 is 33.4 Å². The van der Waals surface area contributed by atoms with Crippen molar-refractivity contribution in [3.63, 3.8) is 0 Å². The Labute approximate surface area is 472 Å². The lowest BCUT2D eigenvalue weighted by Crippen LogP contribution is -2.25. The Bertz CT molecular complexity index is 3400. The molecule has 0 aliphatic carbocycles. The molecule has 9 aromatic carbocycles. The Morgan fingerprint density at radius 2 is 0.762 bits per heavy atom. The minimum Gasteiger partial charge on any atom is -0.496 e. The summed E-state index contributed by atoms with van der Waals surface area (Å²) in [5.74, 6) is -0.878. The number of carbonyl (C=O) groups excluding carboxylic acids is 4. The minimum absolute atomic E-state index is 0.126. The highest BCUT2D eigenvalue weighted by Gasteiger charge is 2.26. The predicted octanol–water partition coefficient (Wildman–Crippen LogP) is 11.8. The molecule has 2 N–H and O–H groups in total. The van der Waals surface area contributed by atoms with Gasteiger partial charge >= 0.3 is 11.9 Å². The molecule has 0 aliphatic heterocycles. The van der Waals surface area contributed by atoms with Gasteiger partial charge in [-0.05, 0) is 125 Å². The number of rotatable bonds is 15. The molecule has 2 amide bonds. The third kappa shape index (κ3) is 15.8. The van der Waals surface area contributed by atoms with Gasteiger partial charge in [0.1, 0.15) is 17.1 Å². The van der Waals surface area contributed by atoms with Crippen LogP contribution in [-0.2, 0) is 28.7 Å². The van der Waals surface area contributed by atoms with Crippen LogP contribution >= 0.6 is 15.8 Å². The average Bonchev–Trinajstić information content (AvgIpc) is 3.52. The second kappa shape index (κ2) is 29.7. The summed E-state index contributed by atoms with van der Waals surface area (Å²) < 4.78 is 15.3. The van der Waals surface area contributed by atoms with Crippen molar-refractivity contribution in [3.05, 3.63) is 270 Å². The standard InChI is InChI=1S/C45H38OP2.2C12H13NO3/c1-33-28-30-39(47(35-18-8-4-9-19-35)36-20-10-5-11-21-36)32-41(33)45-42(46-3)31-29-34(2)44(45)40-26-16-17-27-43(40)48(37-22-12-6-13-23-37)38-24-14-7-15-25-38;2*1-9(14)13-11(12(15)16-2)8-10-6-4-3-5-7-10/h4-32H,1-3H3;2*3-8H,1-2H3,(H,13,14)/b;2*11-8-. The van der Waals surface area contributed by atoms with Gasteiger partial charge in [-0.15, -0.1) is 0 Å². The maximum Gasteiger partial charge on any atom is 0.354 e. The van der Waals surface area contributed by atoms with Crippen LogP contribution in [0.3, 0.4) is 0 Å². The summed E-state index contributed by atoms with van der Waals surface area (Å²) >= 11 is 0. The molecule has 0 saturated carbocycles. The van der Waals surface area contributed by atoms with Gasteiger partial charge in [-0.1, -0.05) is 224 Å². The summed E-state index contributed by atoms with van der Waals surface area (Å²) in [4.78, 5) is 44.5. The van der Waals surface area contributed by atoms with Gasteiger partial charge in [-0.2, -0.15) is 0 Å². The van der Waals surface area contributed by atoms with E-state index >= 15 is 0 Å². The van der Waals surface area contributed by atoms with Gasteiger partial charge in [0.2, 0.25) is 11.8 Å². The number of aryl methyl sites for hydroxylation is 2. The molecule has 0 aliphatic rings. The highest BCUT2D eigenvalue weighted by molar-refractivity contribution is 7.80. The Balaban J connectivity index is 0.000000235. The van der Waals surface area contributed by atoms with Gasteiger partial charge in [0, 0.05) is 19.4 Å². The lowest BCUT2D eigenvalue weighted by Gasteiger charge is -2.26. The molecule has 402 valence electrons. The molecule has 0 unspecified atom stereocenters. The number of esters is 2. The van der Waals surface area contributed by atoms with Crippen LogP contribution in [0.2, 0.25) is 0 Å². The molecule has 9 nitrogen and oxygen atoms in total. The topological polar surface area (TPSA) is 120 Å². The Morgan fingerprint density at radius 1 is 0.388 bits per heavy atom. The van der Waals surface area contributed by atoms with E-state index in [1.807, 2.05) is 60.7 Å². The van der Waals surface area contributed by atoms with Gasteiger partial charge in [0.25, 0.3) is 0 Å². The molecule has 9 aromatic rings. The van der Waals surface area contributed by atoms with E-state index in [1.54, 1.807) is 19.3 Å². The van der Waals surface area contributed by atoms with Crippen LogP contribution in [0.5, 0.6) is 5.75 Å². The molecule has 11 heteroatoms. The van der Waals surface area contributed by atoms with Gasteiger partial charge in [0.15, 0.2) is 0 Å². The first-order valence-corrected chi connectivity index (χ1v) is 28.5. The lowest BCUT2D eigenvalue weighted by molar-refractivity contribution is -0.138. The molecule has 0 spiro atoms. The fourth-order valence-corrected chi connectivity index (χ4v) is 13.7. The van der Waals surface area contributed by atoms with Gasteiger partial charge in [-0.25, -0.2) is 9.59 Å². The van der Waals surface area contributed by atoms with Crippen LogP contribution in [-0.4, -0.2) is 45.1 Å². The maximum absolute atomic E-state index is 11.3. The van der Waals surface area contributed by atoms with Crippen LogP contribution in [0.25, 0.3) is 34.4 Å². The number of benzene rings is 9. The van der Waals surface area contributed by atoms with Gasteiger partial charge < -0.3 is 24.8 Å². The monoisotopic (exact) mass is 1090 g/mol. The van der Waals surface area contributed by atoms with Crippen molar-refractivity contribution in [2.24, 2.45) is 0 Å². The molecule has 0 bridgehead atoms. The predicted molar refractivity (Wildman–Crippen MR) is 331 cm³/mol. The van der Waals surface area contributed by atoms with E-state index in [4.69, 9.17) is 4.74 Å². The van der Waals surface area contributed by atoms with Crippen molar-refractivity contribution >= 4 is 83.6 Å². The number of ether oxygens (including phenoxy) is 3. The van der Waals surface area contributed by atoms with Crippen LogP contribution in [0.4, 0.5) is 0 Å². The molecule has 0 atom stereocenters. The first-order valence-electron chi connectivity index (χ1n) is 25.8. The molecular formula is C69H64N2O7P2. The Hall–Kier alpha value is -9.00. The number of carbonyl (C=O) groups is 4. The minimum atomic E-state index is -0.820. The zero-order valence-corrected chi connectivity index (χ0v) is 47.7. The third-order valence-corrected chi connectivity index (χ3v) is 17.4. The number of hydrogen-bond acceptors (Lipinski definition) is 7. The molecule has 0 fully saturated rings. The van der Waals surface area contributed by atoms with E-state index in [9.17, 15) is 19.2 Å². The van der Waals surface area contributed by atoms with Crippen LogP contribution in [0, 0.1) is 13.8 Å². The molecule has 0 radical (unpaired) electrons. The Morgan fingerprint density at radius 3 is 1.16 bits per heavy atom. The second-order valence-electron chi connectivity index (χ2n) is 18.1. The highest BCUT2D eigenvalue weighted by atomic mass is 31.1. The second-order valence-corrected chi connectivity index (χ2v) is 22.6. The van der Waals surface area contributed by atoms with E-state index in [1.165, 1.54) is 87.7 Å². The van der Waals surface area contributed by atoms with E-state index in [2.05, 4.69) is 210 Å². The summed E-state index contributed by atoms with van der Waals surface area (Å²) in [7, 11) is 2.74. The number of nitrogens with one attached hydrogen (secondary N) is 2. The van der Waals surface area contributed by atoms with Crippen molar-refractivity contribution in [2.75, 3.05) is 21.3 Å². The van der Waals surface area contributed by atoms with E-state index in [0.29, 0.717) is 0 Å². The quantitative estimate of drug-likeness (QED) is 0.0596. The van der Waals surface area contributed by atoms with Gasteiger partial charge in [0.05, 0.1) is 21.3 Å². The molecule has 80 heavy (non-hydrogen) atoms. The fourth-order valence-electron chi connectivity index (χ4n) is 8.88. The summed E-state index contributed by atoms with van der Waals surface area (Å²) in [6.45, 7) is 7.14. The molecule has 9 rings (SSSR count). The molecular weight excluding hydrogens is 1030 g/mol. The zero-order chi connectivity index (χ0) is 56.8.